The van der Waals surface area contributed by atoms with Crippen LogP contribution in [-0.4, -0.2) is 45.7 Å². The third-order valence-electron chi connectivity index (χ3n) is 7.07. The lowest BCUT2D eigenvalue weighted by molar-refractivity contribution is -0.0498. The molecule has 1 spiro atoms. The summed E-state index contributed by atoms with van der Waals surface area (Å²) in [7, 11) is -2.67. The quantitative estimate of drug-likeness (QED) is 0.520. The maximum atomic E-state index is 14.0. The van der Waals surface area contributed by atoms with Crippen LogP contribution >= 0.6 is 11.8 Å². The van der Waals surface area contributed by atoms with E-state index < -0.39 is 22.6 Å². The van der Waals surface area contributed by atoms with Crippen molar-refractivity contribution < 1.29 is 31.5 Å². The number of hydrogen-bond donors (Lipinski definition) is 0. The van der Waals surface area contributed by atoms with Gasteiger partial charge >= 0.3 is 12.6 Å². The largest absolute Gasteiger partial charge is 0.465 e. The Balaban J connectivity index is 1.64. The Kier molecular flexibility index (Phi) is 6.00. The van der Waals surface area contributed by atoms with Gasteiger partial charge < -0.3 is 9.47 Å². The molecule has 0 N–H and O–H groups in total. The van der Waals surface area contributed by atoms with Gasteiger partial charge in [-0.1, -0.05) is 0 Å². The van der Waals surface area contributed by atoms with Crippen molar-refractivity contribution >= 4 is 33.4 Å². The topological polar surface area (TPSA) is 72.9 Å². The molecule has 2 heterocycles. The zero-order valence-corrected chi connectivity index (χ0v) is 20.2. The van der Waals surface area contributed by atoms with Gasteiger partial charge in [-0.3, -0.25) is 4.31 Å². The Hall–Kier alpha value is -2.33. The molecule has 2 aromatic rings. The van der Waals surface area contributed by atoms with E-state index in [2.05, 4.69) is 4.74 Å². The predicted molar refractivity (Wildman–Crippen MR) is 125 cm³/mol. The number of sulfonamides is 1. The highest BCUT2D eigenvalue weighted by Gasteiger charge is 2.59. The van der Waals surface area contributed by atoms with Crippen LogP contribution in [-0.2, 0) is 20.2 Å². The molecular formula is C24H25F2NO5S2. The van der Waals surface area contributed by atoms with Crippen LogP contribution in [0.25, 0.3) is 0 Å². The minimum Gasteiger partial charge on any atom is -0.465 e. The van der Waals surface area contributed by atoms with Gasteiger partial charge in [0.05, 0.1) is 29.3 Å². The van der Waals surface area contributed by atoms with Gasteiger partial charge in [0.1, 0.15) is 5.75 Å². The van der Waals surface area contributed by atoms with Crippen molar-refractivity contribution in [3.63, 3.8) is 0 Å². The van der Waals surface area contributed by atoms with Crippen LogP contribution in [0.1, 0.15) is 41.6 Å². The molecule has 1 atom stereocenters. The van der Waals surface area contributed by atoms with Crippen LogP contribution in [0.2, 0.25) is 0 Å². The Morgan fingerprint density at radius 3 is 2.38 bits per heavy atom. The fourth-order valence-electron chi connectivity index (χ4n) is 5.45. The minimum absolute atomic E-state index is 0.0185. The summed E-state index contributed by atoms with van der Waals surface area (Å²) in [6.45, 7) is -2.99. The fourth-order valence-corrected chi connectivity index (χ4v) is 8.47. The SMILES string of the molecule is COC(=O)c1ccc2c(c1)C1(CCSCC1)C(C1CC1)N2S(=O)(=O)c1ccc(OC(F)F)cc1. The summed E-state index contributed by atoms with van der Waals surface area (Å²) in [6, 6.07) is 9.97. The van der Waals surface area contributed by atoms with Gasteiger partial charge in [-0.2, -0.15) is 20.5 Å². The Morgan fingerprint density at radius 1 is 1.12 bits per heavy atom. The highest BCUT2D eigenvalue weighted by molar-refractivity contribution is 7.99. The van der Waals surface area contributed by atoms with Crippen LogP contribution in [0.3, 0.4) is 0 Å². The van der Waals surface area contributed by atoms with Crippen molar-refractivity contribution in [3.8, 4) is 5.75 Å². The monoisotopic (exact) mass is 509 g/mol. The average Bonchev–Trinajstić information content (AvgIpc) is 3.63. The average molecular weight is 510 g/mol. The molecule has 1 aliphatic carbocycles. The molecule has 5 rings (SSSR count). The van der Waals surface area contributed by atoms with Crippen molar-refractivity contribution in [3.05, 3.63) is 53.6 Å². The van der Waals surface area contributed by atoms with E-state index >= 15 is 0 Å². The van der Waals surface area contributed by atoms with Crippen molar-refractivity contribution in [2.45, 2.75) is 48.6 Å². The molecule has 34 heavy (non-hydrogen) atoms. The molecule has 10 heteroatoms. The molecule has 0 bridgehead atoms. The van der Waals surface area contributed by atoms with Crippen molar-refractivity contribution in [2.75, 3.05) is 22.9 Å². The first-order valence-corrected chi connectivity index (χ1v) is 13.8. The van der Waals surface area contributed by atoms with Gasteiger partial charge in [-0.25, -0.2) is 13.2 Å². The number of benzene rings is 2. The fraction of sp³-hybridized carbons (Fsp3) is 0.458. The lowest BCUT2D eigenvalue weighted by Gasteiger charge is -2.41. The highest BCUT2D eigenvalue weighted by Crippen LogP contribution is 2.59. The molecular weight excluding hydrogens is 484 g/mol. The number of carbonyl (C=O) groups excluding carboxylic acids is 1. The second-order valence-electron chi connectivity index (χ2n) is 8.93. The molecule has 182 valence electrons. The van der Waals surface area contributed by atoms with E-state index in [9.17, 15) is 22.0 Å². The highest BCUT2D eigenvalue weighted by atomic mass is 32.2. The molecule has 2 aliphatic heterocycles. The lowest BCUT2D eigenvalue weighted by atomic mass is 9.70. The first-order chi connectivity index (χ1) is 16.3. The van der Waals surface area contributed by atoms with Crippen molar-refractivity contribution in [1.29, 1.82) is 0 Å². The van der Waals surface area contributed by atoms with Gasteiger partial charge in [-0.15, -0.1) is 0 Å². The number of nitrogens with zero attached hydrogens (tertiary/aromatic N) is 1. The van der Waals surface area contributed by atoms with Crippen LogP contribution in [0.15, 0.2) is 47.4 Å². The number of fused-ring (bicyclic) bond motifs is 2. The lowest BCUT2D eigenvalue weighted by Crippen LogP contribution is -2.50. The molecule has 3 aliphatic rings. The third-order valence-corrected chi connectivity index (χ3v) is 9.86. The van der Waals surface area contributed by atoms with E-state index in [1.165, 1.54) is 31.4 Å². The molecule has 0 aromatic heterocycles. The van der Waals surface area contributed by atoms with E-state index in [1.54, 1.807) is 16.4 Å². The molecule has 0 amide bonds. The van der Waals surface area contributed by atoms with E-state index in [0.29, 0.717) is 11.3 Å². The number of esters is 1. The third kappa shape index (κ3) is 3.84. The second kappa shape index (κ2) is 8.71. The van der Waals surface area contributed by atoms with Gasteiger partial charge in [0.15, 0.2) is 0 Å². The summed E-state index contributed by atoms with van der Waals surface area (Å²) < 4.78 is 64.0. The number of rotatable bonds is 6. The molecule has 1 saturated carbocycles. The number of thioether (sulfide) groups is 1. The summed E-state index contributed by atoms with van der Waals surface area (Å²) in [4.78, 5) is 12.3. The minimum atomic E-state index is -4.00. The summed E-state index contributed by atoms with van der Waals surface area (Å²) in [6.07, 6.45) is 3.54. The Morgan fingerprint density at radius 2 is 1.79 bits per heavy atom. The smallest absolute Gasteiger partial charge is 0.387 e. The first kappa shape index (κ1) is 23.4. The summed E-state index contributed by atoms with van der Waals surface area (Å²) in [5.74, 6) is 1.51. The number of alkyl halides is 2. The van der Waals surface area contributed by atoms with Crippen molar-refractivity contribution in [2.24, 2.45) is 5.92 Å². The summed E-state index contributed by atoms with van der Waals surface area (Å²) in [5.41, 5.74) is 1.50. The molecule has 0 radical (unpaired) electrons. The number of halogens is 2. The van der Waals surface area contributed by atoms with E-state index in [0.717, 1.165) is 42.8 Å². The van der Waals surface area contributed by atoms with Gasteiger partial charge in [-0.05, 0) is 91.1 Å². The molecule has 6 nitrogen and oxygen atoms in total. The van der Waals surface area contributed by atoms with E-state index in [1.807, 2.05) is 17.8 Å². The number of methoxy groups -OCH3 is 1. The maximum Gasteiger partial charge on any atom is 0.387 e. The van der Waals surface area contributed by atoms with Gasteiger partial charge in [0, 0.05) is 5.41 Å². The zero-order valence-electron chi connectivity index (χ0n) is 18.6. The summed E-state index contributed by atoms with van der Waals surface area (Å²) >= 11 is 1.86. The van der Waals surface area contributed by atoms with Crippen LogP contribution < -0.4 is 9.04 Å². The molecule has 2 fully saturated rings. The van der Waals surface area contributed by atoms with Gasteiger partial charge in [0.2, 0.25) is 0 Å². The number of ether oxygens (including phenoxy) is 2. The maximum absolute atomic E-state index is 14.0. The van der Waals surface area contributed by atoms with Crippen molar-refractivity contribution in [1.82, 2.24) is 0 Å². The molecule has 1 unspecified atom stereocenters. The van der Waals surface area contributed by atoms with Gasteiger partial charge in [0.25, 0.3) is 10.0 Å². The van der Waals surface area contributed by atoms with Crippen LogP contribution in [0.5, 0.6) is 5.75 Å². The summed E-state index contributed by atoms with van der Waals surface area (Å²) in [5, 5.41) is 0. The van der Waals surface area contributed by atoms with E-state index in [-0.39, 0.29) is 28.0 Å². The van der Waals surface area contributed by atoms with Crippen LogP contribution in [0.4, 0.5) is 14.5 Å². The Bertz CT molecular complexity index is 1190. The standard InChI is InChI=1S/C24H25F2NO5S2/c1-31-22(28)16-4-9-20-19(14-16)24(10-12-33-13-11-24)21(15-2-3-15)27(20)34(29,30)18-7-5-17(6-8-18)32-23(25)26/h4-9,14-15,21,23H,2-3,10-13H2,1H3. The zero-order chi connectivity index (χ0) is 24.1. The molecule has 2 aromatic carbocycles. The Labute approximate surface area is 201 Å². The number of anilines is 1. The normalized spacial score (nSPS) is 21.5. The number of hydrogen-bond acceptors (Lipinski definition) is 6. The second-order valence-corrected chi connectivity index (χ2v) is 12.0. The molecule has 1 saturated heterocycles. The first-order valence-electron chi connectivity index (χ1n) is 11.2. The predicted octanol–water partition coefficient (Wildman–Crippen LogP) is 4.83. The van der Waals surface area contributed by atoms with Crippen LogP contribution in [0, 0.1) is 5.92 Å². The number of carbonyl (C=O) groups is 1. The van der Waals surface area contributed by atoms with E-state index in [4.69, 9.17) is 4.74 Å².